The van der Waals surface area contributed by atoms with E-state index in [1.807, 2.05) is 38.2 Å². The van der Waals surface area contributed by atoms with Crippen molar-refractivity contribution in [1.29, 1.82) is 0 Å². The van der Waals surface area contributed by atoms with Crippen molar-refractivity contribution in [2.75, 3.05) is 33.8 Å². The van der Waals surface area contributed by atoms with Crippen LogP contribution >= 0.6 is 12.4 Å². The summed E-state index contributed by atoms with van der Waals surface area (Å²) >= 11 is 0. The van der Waals surface area contributed by atoms with Gasteiger partial charge < -0.3 is 15.4 Å². The van der Waals surface area contributed by atoms with E-state index in [9.17, 15) is 4.79 Å². The summed E-state index contributed by atoms with van der Waals surface area (Å²) in [6.45, 7) is 5.62. The molecule has 142 valence electrons. The molecule has 2 N–H and O–H groups in total. The Labute approximate surface area is 157 Å². The molecule has 1 saturated heterocycles. The number of amides is 1. The molecule has 0 saturated carbocycles. The number of piperidine rings is 1. The van der Waals surface area contributed by atoms with Crippen molar-refractivity contribution in [1.82, 2.24) is 15.5 Å². The highest BCUT2D eigenvalue weighted by molar-refractivity contribution is 5.85. The molecule has 1 aromatic carbocycles. The molecule has 0 radical (unpaired) electrons. The number of hydrogen-bond donors (Lipinski definition) is 2. The fourth-order valence-electron chi connectivity index (χ4n) is 3.32. The molecule has 1 aromatic rings. The second kappa shape index (κ2) is 11.3. The van der Waals surface area contributed by atoms with Gasteiger partial charge in [-0.1, -0.05) is 18.2 Å². The smallest absolute Gasteiger partial charge is 0.237 e. The van der Waals surface area contributed by atoms with Crippen molar-refractivity contribution in [3.8, 4) is 5.75 Å². The largest absolute Gasteiger partial charge is 0.496 e. The zero-order chi connectivity index (χ0) is 17.4. The molecule has 1 atom stereocenters. The first-order valence-electron chi connectivity index (χ1n) is 8.94. The summed E-state index contributed by atoms with van der Waals surface area (Å²) in [5.41, 5.74) is 1.01. The van der Waals surface area contributed by atoms with Crippen LogP contribution in [0.15, 0.2) is 24.3 Å². The highest BCUT2D eigenvalue weighted by Crippen LogP contribution is 2.22. The van der Waals surface area contributed by atoms with E-state index in [-0.39, 0.29) is 24.4 Å². The molecule has 1 heterocycles. The van der Waals surface area contributed by atoms with Crippen LogP contribution in [0.25, 0.3) is 0 Å². The Morgan fingerprint density at radius 1 is 1.32 bits per heavy atom. The molecule has 1 aliphatic rings. The van der Waals surface area contributed by atoms with Gasteiger partial charge in [-0.2, -0.15) is 0 Å². The topological polar surface area (TPSA) is 53.6 Å². The fourth-order valence-corrected chi connectivity index (χ4v) is 3.32. The van der Waals surface area contributed by atoms with E-state index < -0.39 is 0 Å². The number of carbonyl (C=O) groups is 1. The minimum atomic E-state index is -0.0787. The molecule has 0 bridgehead atoms. The van der Waals surface area contributed by atoms with Crippen molar-refractivity contribution in [2.45, 2.75) is 38.8 Å². The molecule has 1 amide bonds. The Hall–Kier alpha value is -1.30. The van der Waals surface area contributed by atoms with Crippen molar-refractivity contribution >= 4 is 18.3 Å². The zero-order valence-electron chi connectivity index (χ0n) is 15.6. The van der Waals surface area contributed by atoms with E-state index in [2.05, 4.69) is 15.5 Å². The lowest BCUT2D eigenvalue weighted by Gasteiger charge is -2.35. The van der Waals surface area contributed by atoms with Gasteiger partial charge in [0.15, 0.2) is 0 Å². The van der Waals surface area contributed by atoms with Crippen molar-refractivity contribution in [3.05, 3.63) is 29.8 Å². The van der Waals surface area contributed by atoms with Crippen molar-refractivity contribution in [2.24, 2.45) is 5.92 Å². The number of carbonyl (C=O) groups excluding carboxylic acids is 1. The third-order valence-electron chi connectivity index (χ3n) is 5.02. The summed E-state index contributed by atoms with van der Waals surface area (Å²) in [5, 5.41) is 6.27. The third-order valence-corrected chi connectivity index (χ3v) is 5.02. The molecule has 0 aromatic heterocycles. The summed E-state index contributed by atoms with van der Waals surface area (Å²) in [5.74, 6) is 1.70. The number of para-hydroxylation sites is 1. The first-order valence-corrected chi connectivity index (χ1v) is 8.94. The van der Waals surface area contributed by atoms with E-state index in [0.717, 1.165) is 36.9 Å². The highest BCUT2D eigenvalue weighted by Gasteiger charge is 2.26. The molecule has 1 aliphatic heterocycles. The molecule has 2 rings (SSSR count). The minimum Gasteiger partial charge on any atom is -0.496 e. The number of likely N-dealkylation sites (tertiary alicyclic amines) is 1. The lowest BCUT2D eigenvalue weighted by molar-refractivity contribution is -0.126. The number of ether oxygens (including phenoxy) is 1. The van der Waals surface area contributed by atoms with Crippen LogP contribution in [0, 0.1) is 5.92 Å². The second-order valence-corrected chi connectivity index (χ2v) is 6.58. The maximum atomic E-state index is 12.5. The Morgan fingerprint density at radius 3 is 2.64 bits per heavy atom. The van der Waals surface area contributed by atoms with E-state index in [1.54, 1.807) is 7.11 Å². The average molecular weight is 370 g/mol. The summed E-state index contributed by atoms with van der Waals surface area (Å²) in [7, 11) is 3.66. The number of methoxy groups -OCH3 is 1. The molecule has 25 heavy (non-hydrogen) atoms. The van der Waals surface area contributed by atoms with Crippen LogP contribution in [0.3, 0.4) is 0 Å². The maximum Gasteiger partial charge on any atom is 0.237 e. The number of nitrogens with one attached hydrogen (secondary N) is 2. The monoisotopic (exact) mass is 369 g/mol. The predicted molar refractivity (Wildman–Crippen MR) is 104 cm³/mol. The minimum absolute atomic E-state index is 0. The first-order chi connectivity index (χ1) is 11.7. The molecule has 0 aliphatic carbocycles. The van der Waals surface area contributed by atoms with Crippen LogP contribution in [0.4, 0.5) is 0 Å². The number of nitrogens with zero attached hydrogens (tertiary/aromatic N) is 1. The number of halogens is 1. The Morgan fingerprint density at radius 2 is 2.00 bits per heavy atom. The number of rotatable bonds is 8. The van der Waals surface area contributed by atoms with Crippen LogP contribution < -0.4 is 15.4 Å². The van der Waals surface area contributed by atoms with E-state index >= 15 is 0 Å². The molecular weight excluding hydrogens is 338 g/mol. The van der Waals surface area contributed by atoms with Crippen molar-refractivity contribution < 1.29 is 9.53 Å². The van der Waals surface area contributed by atoms with Gasteiger partial charge in [-0.05, 0) is 64.9 Å². The van der Waals surface area contributed by atoms with Gasteiger partial charge in [-0.25, -0.2) is 0 Å². The lowest BCUT2D eigenvalue weighted by Crippen LogP contribution is -2.48. The van der Waals surface area contributed by atoms with Crippen molar-refractivity contribution in [3.63, 3.8) is 0 Å². The van der Waals surface area contributed by atoms with Gasteiger partial charge in [0.2, 0.25) is 5.91 Å². The fraction of sp³-hybridized carbons (Fsp3) is 0.632. The van der Waals surface area contributed by atoms with Gasteiger partial charge in [-0.15, -0.1) is 12.4 Å². The zero-order valence-corrected chi connectivity index (χ0v) is 16.4. The summed E-state index contributed by atoms with van der Waals surface area (Å²) < 4.78 is 5.33. The molecule has 0 spiro atoms. The highest BCUT2D eigenvalue weighted by atomic mass is 35.5. The van der Waals surface area contributed by atoms with Crippen LogP contribution in [0.2, 0.25) is 0 Å². The Bertz CT molecular complexity index is 519. The van der Waals surface area contributed by atoms with Crippen LogP contribution in [-0.2, 0) is 11.3 Å². The van der Waals surface area contributed by atoms with Crippen LogP contribution in [0.5, 0.6) is 5.75 Å². The standard InChI is InChI=1S/C19H31N3O2.ClH/c1-15(22-12-9-16(10-13-22)8-11-20-2)19(23)21-14-17-6-4-5-7-18(17)24-3;/h4-7,15-16,20H,8-14H2,1-3H3,(H,21,23);1H. The number of hydrogen-bond acceptors (Lipinski definition) is 4. The van der Waals surface area contributed by atoms with Crippen LogP contribution in [0.1, 0.15) is 31.7 Å². The molecular formula is C19H32ClN3O2. The Kier molecular flexibility index (Phi) is 9.86. The quantitative estimate of drug-likeness (QED) is 0.739. The van der Waals surface area contributed by atoms with E-state index in [1.165, 1.54) is 19.3 Å². The SMILES string of the molecule is CNCCC1CCN(C(C)C(=O)NCc2ccccc2OC)CC1.Cl. The Balaban J connectivity index is 0.00000312. The maximum absolute atomic E-state index is 12.5. The summed E-state index contributed by atoms with van der Waals surface area (Å²) in [6, 6.07) is 7.72. The van der Waals surface area contributed by atoms with Gasteiger partial charge in [0.1, 0.15) is 5.75 Å². The molecule has 1 fully saturated rings. The number of benzene rings is 1. The average Bonchev–Trinajstić information content (AvgIpc) is 2.64. The molecule has 5 nitrogen and oxygen atoms in total. The molecule has 6 heteroatoms. The van der Waals surface area contributed by atoms with Gasteiger partial charge in [-0.3, -0.25) is 9.69 Å². The van der Waals surface area contributed by atoms with Crippen LogP contribution in [-0.4, -0.2) is 50.6 Å². The molecule has 1 unspecified atom stereocenters. The summed E-state index contributed by atoms with van der Waals surface area (Å²) in [4.78, 5) is 14.8. The normalized spacial score (nSPS) is 16.8. The van der Waals surface area contributed by atoms with Gasteiger partial charge in [0.25, 0.3) is 0 Å². The predicted octanol–water partition coefficient (Wildman–Crippen LogP) is 2.44. The summed E-state index contributed by atoms with van der Waals surface area (Å²) in [6.07, 6.45) is 3.61. The van der Waals surface area contributed by atoms with Gasteiger partial charge in [0.05, 0.1) is 13.2 Å². The van der Waals surface area contributed by atoms with E-state index in [0.29, 0.717) is 6.54 Å². The van der Waals surface area contributed by atoms with Gasteiger partial charge in [0, 0.05) is 12.1 Å². The lowest BCUT2D eigenvalue weighted by atomic mass is 9.93. The first kappa shape index (κ1) is 21.7. The van der Waals surface area contributed by atoms with Gasteiger partial charge >= 0.3 is 0 Å². The third kappa shape index (κ3) is 6.49. The van der Waals surface area contributed by atoms with E-state index in [4.69, 9.17) is 4.74 Å². The second-order valence-electron chi connectivity index (χ2n) is 6.58.